The Balaban J connectivity index is 2.41. The van der Waals surface area contributed by atoms with Gasteiger partial charge in [0.05, 0.1) is 0 Å². The Kier molecular flexibility index (Phi) is 4.37. The zero-order chi connectivity index (χ0) is 10.6. The monoisotopic (exact) mass is 194 g/mol. The Morgan fingerprint density at radius 2 is 2.36 bits per heavy atom. The molecule has 0 N–H and O–H groups in total. The highest BCUT2D eigenvalue weighted by Crippen LogP contribution is 2.33. The van der Waals surface area contributed by atoms with Crippen LogP contribution in [0.2, 0.25) is 0 Å². The van der Waals surface area contributed by atoms with Gasteiger partial charge < -0.3 is 0 Å². The van der Waals surface area contributed by atoms with E-state index in [1.165, 1.54) is 12.8 Å². The zero-order valence-electron chi connectivity index (χ0n) is 9.46. The van der Waals surface area contributed by atoms with Crippen LogP contribution in [0.4, 0.5) is 0 Å². The topological polar surface area (TPSA) is 17.1 Å². The number of carbonyl (C=O) groups excluding carboxylic acids is 1. The van der Waals surface area contributed by atoms with Gasteiger partial charge in [0.2, 0.25) is 0 Å². The van der Waals surface area contributed by atoms with E-state index in [4.69, 9.17) is 0 Å². The van der Waals surface area contributed by atoms with Crippen molar-refractivity contribution in [1.29, 1.82) is 0 Å². The van der Waals surface area contributed by atoms with Crippen LogP contribution >= 0.6 is 0 Å². The molecule has 1 fully saturated rings. The molecule has 0 heterocycles. The maximum absolute atomic E-state index is 11.6. The highest BCUT2D eigenvalue weighted by molar-refractivity contribution is 5.83. The molecule has 1 nitrogen and oxygen atoms in total. The molecular formula is C13H22O. The van der Waals surface area contributed by atoms with Crippen LogP contribution in [0.25, 0.3) is 0 Å². The van der Waals surface area contributed by atoms with E-state index in [-0.39, 0.29) is 0 Å². The Labute approximate surface area is 87.6 Å². The molecule has 0 bridgehead atoms. The smallest absolute Gasteiger partial charge is 0.136 e. The summed E-state index contributed by atoms with van der Waals surface area (Å²) in [6.45, 7) is 8.30. The van der Waals surface area contributed by atoms with Crippen molar-refractivity contribution in [2.75, 3.05) is 0 Å². The molecule has 0 saturated heterocycles. The van der Waals surface area contributed by atoms with E-state index in [0.29, 0.717) is 17.6 Å². The van der Waals surface area contributed by atoms with Gasteiger partial charge in [0, 0.05) is 12.3 Å². The molecule has 0 aromatic heterocycles. The van der Waals surface area contributed by atoms with E-state index >= 15 is 0 Å². The molecule has 0 aromatic rings. The Morgan fingerprint density at radius 3 is 2.93 bits per heavy atom. The summed E-state index contributed by atoms with van der Waals surface area (Å²) in [5.41, 5.74) is 0. The minimum absolute atomic E-state index is 0.293. The number of rotatable bonds is 5. The molecule has 0 radical (unpaired) electrons. The highest BCUT2D eigenvalue weighted by atomic mass is 16.1. The van der Waals surface area contributed by atoms with E-state index < -0.39 is 0 Å². The molecule has 1 rings (SSSR count). The van der Waals surface area contributed by atoms with E-state index in [9.17, 15) is 4.79 Å². The zero-order valence-corrected chi connectivity index (χ0v) is 9.46. The maximum atomic E-state index is 11.6. The quantitative estimate of drug-likeness (QED) is 0.611. The summed E-state index contributed by atoms with van der Waals surface area (Å²) in [4.78, 5) is 11.6. The summed E-state index contributed by atoms with van der Waals surface area (Å²) in [6.07, 6.45) is 7.28. The van der Waals surface area contributed by atoms with E-state index in [2.05, 4.69) is 20.4 Å². The fraction of sp³-hybridized carbons (Fsp3) is 0.769. The van der Waals surface area contributed by atoms with Gasteiger partial charge in [0.1, 0.15) is 5.78 Å². The second kappa shape index (κ2) is 5.33. The number of ketones is 1. The Hall–Kier alpha value is -0.590. The molecule has 1 aliphatic rings. The molecule has 1 aliphatic carbocycles. The lowest BCUT2D eigenvalue weighted by Gasteiger charge is -2.16. The van der Waals surface area contributed by atoms with Gasteiger partial charge in [-0.1, -0.05) is 32.8 Å². The van der Waals surface area contributed by atoms with Crippen LogP contribution in [0.5, 0.6) is 0 Å². The first-order chi connectivity index (χ1) is 6.69. The van der Waals surface area contributed by atoms with Crippen LogP contribution < -0.4 is 0 Å². The van der Waals surface area contributed by atoms with Crippen LogP contribution in [0.3, 0.4) is 0 Å². The first-order valence-electron chi connectivity index (χ1n) is 5.84. The van der Waals surface area contributed by atoms with Crippen LogP contribution in [0, 0.1) is 17.8 Å². The van der Waals surface area contributed by atoms with Gasteiger partial charge in [-0.25, -0.2) is 0 Å². The Bertz CT molecular complexity index is 207. The molecule has 14 heavy (non-hydrogen) atoms. The van der Waals surface area contributed by atoms with Gasteiger partial charge in [0.15, 0.2) is 0 Å². The van der Waals surface area contributed by atoms with Crippen LogP contribution in [0.15, 0.2) is 12.7 Å². The molecule has 1 saturated carbocycles. The largest absolute Gasteiger partial charge is 0.299 e. The second-order valence-corrected chi connectivity index (χ2v) is 4.60. The second-order valence-electron chi connectivity index (χ2n) is 4.60. The standard InChI is InChI=1S/C13H22O/c1-4-10(3)6-8-12-11(5-2)7-9-13(12)14/h5,10-12H,2,4,6-9H2,1,3H3. The minimum atomic E-state index is 0.293. The molecule has 3 atom stereocenters. The van der Waals surface area contributed by atoms with Gasteiger partial charge in [0.25, 0.3) is 0 Å². The van der Waals surface area contributed by atoms with Crippen molar-refractivity contribution >= 4 is 5.78 Å². The molecular weight excluding hydrogens is 172 g/mol. The first-order valence-corrected chi connectivity index (χ1v) is 5.84. The molecule has 0 amide bonds. The van der Waals surface area contributed by atoms with Crippen molar-refractivity contribution < 1.29 is 4.79 Å². The van der Waals surface area contributed by atoms with Gasteiger partial charge in [-0.05, 0) is 24.7 Å². The predicted molar refractivity (Wildman–Crippen MR) is 60.1 cm³/mol. The van der Waals surface area contributed by atoms with Crippen molar-refractivity contribution in [3.8, 4) is 0 Å². The van der Waals surface area contributed by atoms with Gasteiger partial charge in [-0.2, -0.15) is 0 Å². The van der Waals surface area contributed by atoms with Crippen molar-refractivity contribution in [2.24, 2.45) is 17.8 Å². The molecule has 3 unspecified atom stereocenters. The van der Waals surface area contributed by atoms with Gasteiger partial charge >= 0.3 is 0 Å². The molecule has 0 aliphatic heterocycles. The normalized spacial score (nSPS) is 29.1. The molecule has 0 spiro atoms. The molecule has 80 valence electrons. The number of carbonyl (C=O) groups is 1. The van der Waals surface area contributed by atoms with Crippen molar-refractivity contribution in [3.05, 3.63) is 12.7 Å². The van der Waals surface area contributed by atoms with E-state index in [1.807, 2.05) is 6.08 Å². The lowest BCUT2D eigenvalue weighted by Crippen LogP contribution is -2.14. The molecule has 0 aromatic carbocycles. The minimum Gasteiger partial charge on any atom is -0.299 e. The lowest BCUT2D eigenvalue weighted by molar-refractivity contribution is -0.121. The van der Waals surface area contributed by atoms with Crippen molar-refractivity contribution in [3.63, 3.8) is 0 Å². The van der Waals surface area contributed by atoms with Gasteiger partial charge in [-0.15, -0.1) is 6.58 Å². The Morgan fingerprint density at radius 1 is 1.64 bits per heavy atom. The third kappa shape index (κ3) is 2.70. The SMILES string of the molecule is C=CC1CCC(=O)C1CCC(C)CC. The molecule has 1 heteroatoms. The lowest BCUT2D eigenvalue weighted by atomic mass is 9.88. The number of Topliss-reactive ketones (excluding diaryl/α,β-unsaturated/α-hetero) is 1. The summed E-state index contributed by atoms with van der Waals surface area (Å²) in [6, 6.07) is 0. The van der Waals surface area contributed by atoms with Crippen molar-refractivity contribution in [2.45, 2.75) is 46.0 Å². The van der Waals surface area contributed by atoms with Crippen LogP contribution in [-0.2, 0) is 4.79 Å². The summed E-state index contributed by atoms with van der Waals surface area (Å²) in [5, 5.41) is 0. The third-order valence-electron chi connectivity index (χ3n) is 3.62. The van der Waals surface area contributed by atoms with Crippen LogP contribution in [-0.4, -0.2) is 5.78 Å². The average Bonchev–Trinajstić information content (AvgIpc) is 2.55. The van der Waals surface area contributed by atoms with Crippen LogP contribution in [0.1, 0.15) is 46.0 Å². The fourth-order valence-corrected chi connectivity index (χ4v) is 2.26. The highest BCUT2D eigenvalue weighted by Gasteiger charge is 2.32. The number of allylic oxidation sites excluding steroid dienone is 1. The summed E-state index contributed by atoms with van der Waals surface area (Å²) < 4.78 is 0. The van der Waals surface area contributed by atoms with Gasteiger partial charge in [-0.3, -0.25) is 4.79 Å². The van der Waals surface area contributed by atoms with E-state index in [1.54, 1.807) is 0 Å². The fourth-order valence-electron chi connectivity index (χ4n) is 2.26. The summed E-state index contributed by atoms with van der Waals surface area (Å²) >= 11 is 0. The maximum Gasteiger partial charge on any atom is 0.136 e. The van der Waals surface area contributed by atoms with E-state index in [0.717, 1.165) is 25.2 Å². The summed E-state index contributed by atoms with van der Waals surface area (Å²) in [7, 11) is 0. The summed E-state index contributed by atoms with van der Waals surface area (Å²) in [5.74, 6) is 1.99. The predicted octanol–water partition coefficient (Wildman–Crippen LogP) is 3.59. The van der Waals surface area contributed by atoms with Crippen molar-refractivity contribution in [1.82, 2.24) is 0 Å². The number of hydrogen-bond donors (Lipinski definition) is 0. The number of hydrogen-bond acceptors (Lipinski definition) is 1. The third-order valence-corrected chi connectivity index (χ3v) is 3.62. The first kappa shape index (κ1) is 11.5. The average molecular weight is 194 g/mol.